The molecular formula is C5H8AlBrCl2O. The van der Waals surface area contributed by atoms with Crippen LogP contribution in [0.15, 0.2) is 0 Å². The molecule has 5 heteroatoms. The lowest BCUT2D eigenvalue weighted by atomic mass is 10.5. The van der Waals surface area contributed by atoms with Crippen LogP contribution in [0.5, 0.6) is 0 Å². The smallest absolute Gasteiger partial charge is 0.298 e. The summed E-state index contributed by atoms with van der Waals surface area (Å²) in [7, 11) is 0. The number of Topliss-reactive ketones (excluding diaryl/α,β-unsaturated/α-hetero) is 1. The van der Waals surface area contributed by atoms with Gasteiger partial charge in [-0.25, -0.2) is 14.1 Å². The Bertz CT molecular complexity index is 122. The number of rotatable bonds is 4. The molecule has 10 heavy (non-hydrogen) atoms. The second-order valence-corrected chi connectivity index (χ2v) is 9.13. The van der Waals surface area contributed by atoms with E-state index in [-0.39, 0.29) is 15.9 Å². The second kappa shape index (κ2) is 5.86. The van der Waals surface area contributed by atoms with Crippen LogP contribution in [-0.4, -0.2) is 28.2 Å². The standard InChI is InChI=1S/C3H3Cl2O.C2H5.Al.BrH/c4-1-3(6)2-5;1-2;;/h1H,2H2;1H2,2H3;;1H/q;;+1;/p-1. The highest BCUT2D eigenvalue weighted by Crippen LogP contribution is 2.13. The summed E-state index contributed by atoms with van der Waals surface area (Å²) in [4.78, 5) is 10.9. The van der Waals surface area contributed by atoms with Gasteiger partial charge >= 0.3 is 12.3 Å². The number of hydrogen-bond donors (Lipinski definition) is 0. The van der Waals surface area contributed by atoms with Crippen LogP contribution in [0.3, 0.4) is 0 Å². The average molecular weight is 262 g/mol. The van der Waals surface area contributed by atoms with E-state index < -0.39 is 12.3 Å². The predicted molar refractivity (Wildman–Crippen MR) is 50.5 cm³/mol. The summed E-state index contributed by atoms with van der Waals surface area (Å²) >= 11 is 13.3. The molecular weight excluding hydrogens is 254 g/mol. The maximum Gasteiger partial charge on any atom is 0.396 e. The average Bonchev–Trinajstić information content (AvgIpc) is 2.00. The Kier molecular flexibility index (Phi) is 6.59. The van der Waals surface area contributed by atoms with Gasteiger partial charge in [-0.2, -0.15) is 0 Å². The molecule has 1 atom stereocenters. The molecule has 0 spiro atoms. The zero-order valence-corrected chi connectivity index (χ0v) is 9.86. The van der Waals surface area contributed by atoms with Crippen LogP contribution >= 0.6 is 37.3 Å². The molecule has 0 radical (unpaired) electrons. The maximum absolute atomic E-state index is 10.9. The van der Waals surface area contributed by atoms with E-state index in [1.165, 1.54) is 0 Å². The van der Waals surface area contributed by atoms with Crippen molar-refractivity contribution in [3.05, 3.63) is 0 Å². The van der Waals surface area contributed by atoms with Crippen LogP contribution in [0.25, 0.3) is 0 Å². The van der Waals surface area contributed by atoms with E-state index in [1.807, 2.05) is 6.92 Å². The Morgan fingerprint density at radius 2 is 2.30 bits per heavy atom. The zero-order valence-electron chi connectivity index (χ0n) is 5.61. The van der Waals surface area contributed by atoms with Gasteiger partial charge in [-0.1, -0.05) is 12.2 Å². The van der Waals surface area contributed by atoms with Gasteiger partial charge in [-0.05, 0) is 0 Å². The summed E-state index contributed by atoms with van der Waals surface area (Å²) in [5.41, 5.74) is 0. The van der Waals surface area contributed by atoms with Crippen molar-refractivity contribution in [1.29, 1.82) is 0 Å². The fourth-order valence-corrected chi connectivity index (χ4v) is 3.31. The maximum atomic E-state index is 10.9. The SMILES string of the molecule is C[CH2][Al]([Br])[CH](Cl)C(=O)CCl. The molecule has 0 aromatic carbocycles. The topological polar surface area (TPSA) is 17.1 Å². The number of carbonyl (C=O) groups excluding carboxylic acids is 1. The molecule has 0 rings (SSSR count). The van der Waals surface area contributed by atoms with Crippen LogP contribution in [-0.2, 0) is 4.79 Å². The van der Waals surface area contributed by atoms with Crippen LogP contribution < -0.4 is 0 Å². The Hall–Kier alpha value is 1.26. The molecule has 0 N–H and O–H groups in total. The van der Waals surface area contributed by atoms with Gasteiger partial charge < -0.3 is 0 Å². The van der Waals surface area contributed by atoms with Crippen LogP contribution in [0.4, 0.5) is 0 Å². The molecule has 58 valence electrons. The quantitative estimate of drug-likeness (QED) is 0.561. The van der Waals surface area contributed by atoms with Gasteiger partial charge in [0.15, 0.2) is 5.78 Å². The number of carbonyl (C=O) groups is 1. The third-order valence-electron chi connectivity index (χ3n) is 1.15. The van der Waals surface area contributed by atoms with Crippen molar-refractivity contribution in [3.63, 3.8) is 0 Å². The summed E-state index contributed by atoms with van der Waals surface area (Å²) in [6.45, 7) is 2.02. The molecule has 0 bridgehead atoms. The van der Waals surface area contributed by atoms with Crippen LogP contribution in [0.2, 0.25) is 5.28 Å². The largest absolute Gasteiger partial charge is 0.396 e. The van der Waals surface area contributed by atoms with Gasteiger partial charge in [-0.15, -0.1) is 23.2 Å². The number of hydrogen-bond acceptors (Lipinski definition) is 1. The molecule has 0 aliphatic rings. The predicted octanol–water partition coefficient (Wildman–Crippen LogP) is 2.35. The van der Waals surface area contributed by atoms with Gasteiger partial charge in [0.05, 0.1) is 10.1 Å². The lowest BCUT2D eigenvalue weighted by Gasteiger charge is -2.05. The third kappa shape index (κ3) is 3.59. The molecule has 0 saturated heterocycles. The highest BCUT2D eigenvalue weighted by molar-refractivity contribution is 9.24. The number of halogens is 3. The van der Waals surface area contributed by atoms with E-state index in [9.17, 15) is 4.79 Å². The Morgan fingerprint density at radius 1 is 1.80 bits per heavy atom. The van der Waals surface area contributed by atoms with Crippen molar-refractivity contribution in [2.75, 3.05) is 5.88 Å². The Labute approximate surface area is 82.1 Å². The molecule has 0 aliphatic heterocycles. The first-order valence-corrected chi connectivity index (χ1v) is 8.64. The molecule has 0 aromatic rings. The van der Waals surface area contributed by atoms with Crippen molar-refractivity contribution < 1.29 is 4.79 Å². The van der Waals surface area contributed by atoms with Gasteiger partial charge in [0.25, 0.3) is 0 Å². The summed E-state index contributed by atoms with van der Waals surface area (Å²) in [6, 6.07) is 0. The first kappa shape index (κ1) is 11.3. The molecule has 0 saturated carbocycles. The molecule has 0 heterocycles. The summed E-state index contributed by atoms with van der Waals surface area (Å²) in [5, 5.41) is 0.969. The van der Waals surface area contributed by atoms with E-state index in [2.05, 4.69) is 14.1 Å². The minimum Gasteiger partial charge on any atom is -0.298 e. The highest BCUT2D eigenvalue weighted by atomic mass is 79.9. The van der Waals surface area contributed by atoms with E-state index >= 15 is 0 Å². The summed E-state index contributed by atoms with van der Waals surface area (Å²) in [6.07, 6.45) is 0. The first-order valence-electron chi connectivity index (χ1n) is 3.00. The van der Waals surface area contributed by atoms with E-state index in [4.69, 9.17) is 23.2 Å². The van der Waals surface area contributed by atoms with Gasteiger partial charge in [0.1, 0.15) is 0 Å². The van der Waals surface area contributed by atoms with Crippen LogP contribution in [0, 0.1) is 0 Å². The third-order valence-corrected chi connectivity index (χ3v) is 8.79. The molecule has 0 amide bonds. The van der Waals surface area contributed by atoms with Gasteiger partial charge in [0.2, 0.25) is 0 Å². The fraction of sp³-hybridized carbons (Fsp3) is 0.800. The normalized spacial score (nSPS) is 12.8. The van der Waals surface area contributed by atoms with Crippen LogP contribution in [0.1, 0.15) is 6.92 Å². The monoisotopic (exact) mass is 260 g/mol. The number of ketones is 1. The van der Waals surface area contributed by atoms with Crippen molar-refractivity contribution in [2.45, 2.75) is 16.4 Å². The second-order valence-electron chi connectivity index (χ2n) is 1.93. The lowest BCUT2D eigenvalue weighted by molar-refractivity contribution is -0.115. The van der Waals surface area contributed by atoms with Crippen molar-refractivity contribution in [3.8, 4) is 0 Å². The summed E-state index contributed by atoms with van der Waals surface area (Å²) < 4.78 is -0.345. The molecule has 0 aliphatic carbocycles. The van der Waals surface area contributed by atoms with E-state index in [0.29, 0.717) is 0 Å². The fourth-order valence-electron chi connectivity index (χ4n) is 0.482. The minimum absolute atomic E-state index is 0.0310. The van der Waals surface area contributed by atoms with Gasteiger partial charge in [0, 0.05) is 0 Å². The van der Waals surface area contributed by atoms with E-state index in [1.54, 1.807) is 0 Å². The lowest BCUT2D eigenvalue weighted by Crippen LogP contribution is -2.28. The van der Waals surface area contributed by atoms with Crippen molar-refractivity contribution in [1.82, 2.24) is 0 Å². The number of alkyl halides is 2. The minimum atomic E-state index is -1.21. The summed E-state index contributed by atoms with van der Waals surface area (Å²) in [5.74, 6) is -0.0257. The Balaban J connectivity index is 3.81. The highest BCUT2D eigenvalue weighted by Gasteiger charge is 2.27. The molecule has 1 nitrogen and oxygen atoms in total. The molecule has 1 unspecified atom stereocenters. The first-order chi connectivity index (χ1) is 4.63. The van der Waals surface area contributed by atoms with Crippen molar-refractivity contribution >= 4 is 55.4 Å². The van der Waals surface area contributed by atoms with E-state index in [0.717, 1.165) is 5.28 Å². The Morgan fingerprint density at radius 3 is 2.60 bits per heavy atom. The molecule has 0 aromatic heterocycles. The zero-order chi connectivity index (χ0) is 8.15. The van der Waals surface area contributed by atoms with Crippen molar-refractivity contribution in [2.24, 2.45) is 0 Å². The van der Waals surface area contributed by atoms with Gasteiger partial charge in [-0.3, -0.25) is 4.79 Å². The molecule has 0 fully saturated rings.